The standard InChI is InChI=1S/C20H19F2N7O2S/c1-12-2-3-13(31-19-18-24-8-15(17(21)22)27(18)7-6-23-19)9-28(12)20(30)14-10-32-11-16(14)29-25-4-5-26-29/h4-8,10-13,17H,2-3,9H2,1H3/t12-,13-/m1/s1. The SMILES string of the molecule is C[C@@H]1CC[C@@H](Oc2nccn3c(C(F)F)cnc23)CN1C(=O)c1cscc1-n1nccn1. The lowest BCUT2D eigenvalue weighted by atomic mass is 10.00. The predicted molar refractivity (Wildman–Crippen MR) is 111 cm³/mol. The average Bonchev–Trinajstić information content (AvgIpc) is 3.54. The molecule has 0 spiro atoms. The summed E-state index contributed by atoms with van der Waals surface area (Å²) in [7, 11) is 0. The molecule has 166 valence electrons. The van der Waals surface area contributed by atoms with E-state index < -0.39 is 6.43 Å². The molecule has 0 N–H and O–H groups in total. The molecular formula is C20H19F2N7O2S. The second kappa shape index (κ2) is 8.26. The summed E-state index contributed by atoms with van der Waals surface area (Å²) in [6.07, 6.45) is 5.50. The van der Waals surface area contributed by atoms with Crippen LogP contribution in [0.1, 0.15) is 42.2 Å². The van der Waals surface area contributed by atoms with E-state index in [4.69, 9.17) is 4.74 Å². The second-order valence-corrected chi connectivity index (χ2v) is 8.27. The number of hydrogen-bond acceptors (Lipinski definition) is 7. The molecule has 0 bridgehead atoms. The molecule has 1 aliphatic rings. The number of piperidine rings is 1. The summed E-state index contributed by atoms with van der Waals surface area (Å²) in [5.74, 6) is 0.0367. The quantitative estimate of drug-likeness (QED) is 0.455. The number of rotatable bonds is 5. The van der Waals surface area contributed by atoms with Crippen LogP contribution in [0.2, 0.25) is 0 Å². The molecule has 2 atom stereocenters. The molecule has 0 saturated carbocycles. The van der Waals surface area contributed by atoms with Crippen molar-refractivity contribution in [3.05, 3.63) is 53.0 Å². The van der Waals surface area contributed by atoms with Crippen molar-refractivity contribution >= 4 is 22.9 Å². The Hall–Kier alpha value is -3.41. The summed E-state index contributed by atoms with van der Waals surface area (Å²) in [4.78, 5) is 24.8. The first-order valence-electron chi connectivity index (χ1n) is 10.0. The summed E-state index contributed by atoms with van der Waals surface area (Å²) in [5.41, 5.74) is 1.15. The number of likely N-dealkylation sites (tertiary alicyclic amines) is 1. The Morgan fingerprint density at radius 2 is 2.00 bits per heavy atom. The monoisotopic (exact) mass is 459 g/mol. The van der Waals surface area contributed by atoms with E-state index in [9.17, 15) is 13.6 Å². The lowest BCUT2D eigenvalue weighted by molar-refractivity contribution is 0.0375. The molecule has 5 rings (SSSR count). The van der Waals surface area contributed by atoms with E-state index >= 15 is 0 Å². The molecule has 0 aromatic carbocycles. The molecular weight excluding hydrogens is 440 g/mol. The molecule has 1 amide bonds. The number of hydrogen-bond donors (Lipinski definition) is 0. The molecule has 12 heteroatoms. The molecule has 1 saturated heterocycles. The van der Waals surface area contributed by atoms with E-state index in [1.54, 1.807) is 22.7 Å². The van der Waals surface area contributed by atoms with Crippen LogP contribution in [0.25, 0.3) is 11.3 Å². The maximum Gasteiger partial charge on any atom is 0.280 e. The number of aromatic nitrogens is 6. The van der Waals surface area contributed by atoms with Crippen molar-refractivity contribution in [1.29, 1.82) is 0 Å². The number of nitrogens with zero attached hydrogens (tertiary/aromatic N) is 7. The summed E-state index contributed by atoms with van der Waals surface area (Å²) in [6, 6.07) is 0.0151. The van der Waals surface area contributed by atoms with E-state index in [0.29, 0.717) is 24.2 Å². The molecule has 0 radical (unpaired) electrons. The summed E-state index contributed by atoms with van der Waals surface area (Å²) in [6.45, 7) is 2.34. The van der Waals surface area contributed by atoms with Gasteiger partial charge in [0.1, 0.15) is 17.5 Å². The highest BCUT2D eigenvalue weighted by atomic mass is 32.1. The van der Waals surface area contributed by atoms with E-state index in [1.165, 1.54) is 32.9 Å². The van der Waals surface area contributed by atoms with Gasteiger partial charge in [-0.25, -0.2) is 18.7 Å². The predicted octanol–water partition coefficient (Wildman–Crippen LogP) is 3.38. The van der Waals surface area contributed by atoms with Gasteiger partial charge >= 0.3 is 0 Å². The zero-order valence-corrected chi connectivity index (χ0v) is 17.8. The van der Waals surface area contributed by atoms with Crippen LogP contribution in [0.5, 0.6) is 5.88 Å². The third-order valence-corrected chi connectivity index (χ3v) is 6.26. The Morgan fingerprint density at radius 1 is 1.19 bits per heavy atom. The molecule has 0 unspecified atom stereocenters. The van der Waals surface area contributed by atoms with Gasteiger partial charge in [0.25, 0.3) is 18.2 Å². The number of imidazole rings is 1. The summed E-state index contributed by atoms with van der Waals surface area (Å²) in [5, 5.41) is 11.9. The van der Waals surface area contributed by atoms with Crippen molar-refractivity contribution in [2.24, 2.45) is 0 Å². The molecule has 32 heavy (non-hydrogen) atoms. The average molecular weight is 459 g/mol. The topological polar surface area (TPSA) is 90.4 Å². The van der Waals surface area contributed by atoms with Gasteiger partial charge in [0.15, 0.2) is 0 Å². The Bertz CT molecular complexity index is 1240. The first-order valence-corrected chi connectivity index (χ1v) is 11.0. The lowest BCUT2D eigenvalue weighted by Crippen LogP contribution is -2.49. The van der Waals surface area contributed by atoms with Crippen molar-refractivity contribution in [2.75, 3.05) is 6.54 Å². The Labute approximate surface area is 185 Å². The Kier molecular flexibility index (Phi) is 5.29. The van der Waals surface area contributed by atoms with Crippen molar-refractivity contribution in [3.8, 4) is 11.6 Å². The van der Waals surface area contributed by atoms with E-state index in [1.807, 2.05) is 12.3 Å². The van der Waals surface area contributed by atoms with Crippen molar-refractivity contribution in [3.63, 3.8) is 0 Å². The normalized spacial score (nSPS) is 19.1. The fraction of sp³-hybridized carbons (Fsp3) is 0.350. The fourth-order valence-electron chi connectivity index (χ4n) is 3.87. The minimum atomic E-state index is -2.66. The molecule has 1 aliphatic heterocycles. The molecule has 1 fully saturated rings. The number of alkyl halides is 2. The van der Waals surface area contributed by atoms with Gasteiger partial charge in [-0.05, 0) is 19.8 Å². The number of halogens is 2. The maximum absolute atomic E-state index is 13.4. The van der Waals surface area contributed by atoms with Crippen LogP contribution in [0.4, 0.5) is 8.78 Å². The highest BCUT2D eigenvalue weighted by Crippen LogP contribution is 2.28. The van der Waals surface area contributed by atoms with Crippen LogP contribution in [0.15, 0.2) is 41.7 Å². The smallest absolute Gasteiger partial charge is 0.280 e. The van der Waals surface area contributed by atoms with Gasteiger partial charge in [-0.15, -0.1) is 16.1 Å². The van der Waals surface area contributed by atoms with Crippen LogP contribution < -0.4 is 4.74 Å². The highest BCUT2D eigenvalue weighted by molar-refractivity contribution is 7.08. The number of amides is 1. The maximum atomic E-state index is 13.4. The van der Waals surface area contributed by atoms with E-state index in [-0.39, 0.29) is 35.3 Å². The van der Waals surface area contributed by atoms with Gasteiger partial charge in [-0.1, -0.05) is 0 Å². The molecule has 5 heterocycles. The van der Waals surface area contributed by atoms with Crippen LogP contribution in [-0.4, -0.2) is 58.9 Å². The van der Waals surface area contributed by atoms with Crippen molar-refractivity contribution in [1.82, 2.24) is 34.3 Å². The minimum absolute atomic E-state index is 0.0151. The van der Waals surface area contributed by atoms with Gasteiger partial charge in [-0.2, -0.15) is 10.2 Å². The minimum Gasteiger partial charge on any atom is -0.470 e. The van der Waals surface area contributed by atoms with Crippen molar-refractivity contribution in [2.45, 2.75) is 38.3 Å². The van der Waals surface area contributed by atoms with Crippen LogP contribution in [-0.2, 0) is 0 Å². The third-order valence-electron chi connectivity index (χ3n) is 5.53. The number of ether oxygens (including phenoxy) is 1. The zero-order chi connectivity index (χ0) is 22.2. The number of carbonyl (C=O) groups is 1. The number of fused-ring (bicyclic) bond motifs is 1. The zero-order valence-electron chi connectivity index (χ0n) is 17.0. The third kappa shape index (κ3) is 3.60. The molecule has 9 nitrogen and oxygen atoms in total. The highest BCUT2D eigenvalue weighted by Gasteiger charge is 2.33. The van der Waals surface area contributed by atoms with E-state index in [0.717, 1.165) is 12.6 Å². The Morgan fingerprint density at radius 3 is 2.78 bits per heavy atom. The van der Waals surface area contributed by atoms with Gasteiger partial charge in [-0.3, -0.25) is 9.20 Å². The Balaban J connectivity index is 1.37. The van der Waals surface area contributed by atoms with Gasteiger partial charge in [0, 0.05) is 29.2 Å². The van der Waals surface area contributed by atoms with Gasteiger partial charge < -0.3 is 9.64 Å². The van der Waals surface area contributed by atoms with Gasteiger partial charge in [0.05, 0.1) is 30.7 Å². The van der Waals surface area contributed by atoms with Gasteiger partial charge in [0.2, 0.25) is 5.65 Å². The molecule has 0 aliphatic carbocycles. The number of thiophene rings is 1. The molecule has 4 aromatic rings. The summed E-state index contributed by atoms with van der Waals surface area (Å²) < 4.78 is 33.7. The fourth-order valence-corrected chi connectivity index (χ4v) is 4.65. The van der Waals surface area contributed by atoms with E-state index in [2.05, 4.69) is 20.2 Å². The molecule has 4 aromatic heterocycles. The van der Waals surface area contributed by atoms with Crippen LogP contribution in [0.3, 0.4) is 0 Å². The second-order valence-electron chi connectivity index (χ2n) is 7.52. The first-order chi connectivity index (χ1) is 15.5. The first kappa shape index (κ1) is 20.5. The van der Waals surface area contributed by atoms with Crippen LogP contribution >= 0.6 is 11.3 Å². The lowest BCUT2D eigenvalue weighted by Gasteiger charge is -2.37. The van der Waals surface area contributed by atoms with Crippen molar-refractivity contribution < 1.29 is 18.3 Å². The summed E-state index contributed by atoms with van der Waals surface area (Å²) >= 11 is 1.41. The van der Waals surface area contributed by atoms with Crippen LogP contribution in [0, 0.1) is 0 Å². The largest absolute Gasteiger partial charge is 0.470 e. The number of carbonyl (C=O) groups excluding carboxylic acids is 1.